The van der Waals surface area contributed by atoms with E-state index in [2.05, 4.69) is 242 Å². The van der Waals surface area contributed by atoms with Gasteiger partial charge in [-0.15, -0.1) is 0 Å². The molecule has 1 unspecified atom stereocenters. The molecule has 0 fully saturated rings. The first-order valence-corrected chi connectivity index (χ1v) is 23.9. The van der Waals surface area contributed by atoms with Crippen molar-refractivity contribution < 1.29 is 4.42 Å². The molecular formula is C64H50N2O. The van der Waals surface area contributed by atoms with Gasteiger partial charge in [0.1, 0.15) is 11.2 Å². The highest BCUT2D eigenvalue weighted by Gasteiger charge is 2.48. The second-order valence-corrected chi connectivity index (χ2v) is 19.0. The molecule has 9 aromatic rings. The molecule has 1 aromatic heterocycles. The standard InChI is InChI=1S/C64H50N2O/c1-63(2)55-32-13-9-28-50(55)53-39-38-49(42-58(53)63)66(59-35-19-37-61-62(59)54-31-12-16-36-60(54)67-61)48-27-18-26-47(41-48)65(45-23-7-4-8-24-45)46-25-17-22-44(40-46)64(43-20-5-3-6-21-43)56-33-14-10-29-51(56)52-30-11-15-34-57(52)64/h3-10,12-13,15-29,31-32,34-42H,11,14,30,33H2,1-2H3. The van der Waals surface area contributed by atoms with Gasteiger partial charge in [0, 0.05) is 39.2 Å². The monoisotopic (exact) mass is 862 g/mol. The van der Waals surface area contributed by atoms with E-state index < -0.39 is 5.41 Å². The van der Waals surface area contributed by atoms with Crippen molar-refractivity contribution in [3.8, 4) is 11.1 Å². The fourth-order valence-corrected chi connectivity index (χ4v) is 12.2. The number of rotatable bonds is 8. The van der Waals surface area contributed by atoms with Crippen LogP contribution in [0.4, 0.5) is 34.1 Å². The van der Waals surface area contributed by atoms with Crippen LogP contribution in [0.25, 0.3) is 33.1 Å². The van der Waals surface area contributed by atoms with E-state index in [-0.39, 0.29) is 5.41 Å². The second kappa shape index (κ2) is 15.4. The molecule has 0 amide bonds. The van der Waals surface area contributed by atoms with Crippen LogP contribution < -0.4 is 9.80 Å². The van der Waals surface area contributed by atoms with Gasteiger partial charge in [0.25, 0.3) is 0 Å². The number of hydrogen-bond donors (Lipinski definition) is 0. The van der Waals surface area contributed by atoms with Crippen molar-refractivity contribution in [3.63, 3.8) is 0 Å². The third kappa shape index (κ3) is 5.97. The Labute approximate surface area is 393 Å². The van der Waals surface area contributed by atoms with Crippen molar-refractivity contribution in [2.45, 2.75) is 50.4 Å². The van der Waals surface area contributed by atoms with E-state index in [1.54, 1.807) is 0 Å². The van der Waals surface area contributed by atoms with E-state index in [0.717, 1.165) is 81.7 Å². The quantitative estimate of drug-likeness (QED) is 0.152. The molecular weight excluding hydrogens is 813 g/mol. The van der Waals surface area contributed by atoms with E-state index in [1.165, 1.54) is 55.7 Å². The van der Waals surface area contributed by atoms with Crippen LogP contribution in [0.3, 0.4) is 0 Å². The first kappa shape index (κ1) is 39.5. The lowest BCUT2D eigenvalue weighted by Gasteiger charge is -2.38. The van der Waals surface area contributed by atoms with Gasteiger partial charge in [-0.2, -0.15) is 0 Å². The third-order valence-corrected chi connectivity index (χ3v) is 15.1. The fourth-order valence-electron chi connectivity index (χ4n) is 12.2. The Morgan fingerprint density at radius 1 is 0.463 bits per heavy atom. The molecule has 67 heavy (non-hydrogen) atoms. The smallest absolute Gasteiger partial charge is 0.137 e. The Bertz CT molecular complexity index is 3570. The van der Waals surface area contributed by atoms with Crippen molar-refractivity contribution in [1.29, 1.82) is 0 Å². The number of para-hydroxylation sites is 2. The zero-order valence-electron chi connectivity index (χ0n) is 37.9. The van der Waals surface area contributed by atoms with Crippen LogP contribution in [0.15, 0.2) is 245 Å². The van der Waals surface area contributed by atoms with Gasteiger partial charge < -0.3 is 14.2 Å². The average molecular weight is 863 g/mol. The number of hydrogen-bond acceptors (Lipinski definition) is 3. The molecule has 0 saturated heterocycles. The molecule has 0 radical (unpaired) electrons. The molecule has 0 bridgehead atoms. The molecule has 1 heterocycles. The number of benzene rings is 8. The minimum atomic E-state index is -0.391. The molecule has 322 valence electrons. The molecule has 0 aliphatic heterocycles. The second-order valence-electron chi connectivity index (χ2n) is 19.0. The van der Waals surface area contributed by atoms with Gasteiger partial charge in [-0.3, -0.25) is 0 Å². The van der Waals surface area contributed by atoms with Crippen LogP contribution in [0.2, 0.25) is 0 Å². The van der Waals surface area contributed by atoms with Gasteiger partial charge in [-0.05, 0) is 154 Å². The molecule has 4 aliphatic rings. The van der Waals surface area contributed by atoms with Crippen LogP contribution in [-0.4, -0.2) is 0 Å². The van der Waals surface area contributed by atoms with Gasteiger partial charge in [-0.25, -0.2) is 0 Å². The summed E-state index contributed by atoms with van der Waals surface area (Å²) >= 11 is 0. The minimum Gasteiger partial charge on any atom is -0.456 e. The van der Waals surface area contributed by atoms with Crippen LogP contribution in [0, 0.1) is 0 Å². The zero-order valence-corrected chi connectivity index (χ0v) is 37.9. The van der Waals surface area contributed by atoms with E-state index in [4.69, 9.17) is 4.42 Å². The van der Waals surface area contributed by atoms with Crippen LogP contribution in [0.5, 0.6) is 0 Å². The van der Waals surface area contributed by atoms with Gasteiger partial charge >= 0.3 is 0 Å². The molecule has 0 spiro atoms. The van der Waals surface area contributed by atoms with Crippen molar-refractivity contribution in [1.82, 2.24) is 0 Å². The Morgan fingerprint density at radius 2 is 1.09 bits per heavy atom. The number of fused-ring (bicyclic) bond motifs is 7. The van der Waals surface area contributed by atoms with Crippen molar-refractivity contribution in [3.05, 3.63) is 263 Å². The third-order valence-electron chi connectivity index (χ3n) is 15.1. The lowest BCUT2D eigenvalue weighted by molar-refractivity contribution is 0.660. The maximum absolute atomic E-state index is 6.55. The highest BCUT2D eigenvalue weighted by molar-refractivity contribution is 6.13. The van der Waals surface area contributed by atoms with Crippen molar-refractivity contribution in [2.24, 2.45) is 0 Å². The van der Waals surface area contributed by atoms with E-state index in [1.807, 2.05) is 0 Å². The van der Waals surface area contributed by atoms with Crippen molar-refractivity contribution in [2.75, 3.05) is 9.80 Å². The molecule has 8 aromatic carbocycles. The maximum Gasteiger partial charge on any atom is 0.137 e. The summed E-state index contributed by atoms with van der Waals surface area (Å²) in [4.78, 5) is 4.89. The molecule has 4 aliphatic carbocycles. The molecule has 13 rings (SSSR count). The maximum atomic E-state index is 6.55. The minimum absolute atomic E-state index is 0.162. The van der Waals surface area contributed by atoms with Gasteiger partial charge in [0.05, 0.1) is 16.5 Å². The average Bonchev–Trinajstić information content (AvgIpc) is 3.99. The topological polar surface area (TPSA) is 19.6 Å². The predicted octanol–water partition coefficient (Wildman–Crippen LogP) is 17.4. The van der Waals surface area contributed by atoms with E-state index >= 15 is 0 Å². The molecule has 3 nitrogen and oxygen atoms in total. The summed E-state index contributed by atoms with van der Waals surface area (Å²) in [6.45, 7) is 4.72. The first-order chi connectivity index (χ1) is 33.0. The summed E-state index contributed by atoms with van der Waals surface area (Å²) in [5.74, 6) is 0. The summed E-state index contributed by atoms with van der Waals surface area (Å²) in [6.07, 6.45) is 13.9. The molecule has 0 N–H and O–H groups in total. The summed E-state index contributed by atoms with van der Waals surface area (Å²) in [5, 5.41) is 2.20. The highest BCUT2D eigenvalue weighted by atomic mass is 16.3. The lowest BCUT2D eigenvalue weighted by Crippen LogP contribution is -2.31. The van der Waals surface area contributed by atoms with Crippen LogP contribution in [-0.2, 0) is 10.8 Å². The molecule has 0 saturated carbocycles. The number of anilines is 6. The highest BCUT2D eigenvalue weighted by Crippen LogP contribution is 2.59. The van der Waals surface area contributed by atoms with Gasteiger partial charge in [0.2, 0.25) is 0 Å². The van der Waals surface area contributed by atoms with Gasteiger partial charge in [0.15, 0.2) is 0 Å². The van der Waals surface area contributed by atoms with E-state index in [0.29, 0.717) is 0 Å². The molecule has 1 atom stereocenters. The van der Waals surface area contributed by atoms with Crippen LogP contribution >= 0.6 is 0 Å². The predicted molar refractivity (Wildman–Crippen MR) is 279 cm³/mol. The number of furan rings is 1. The summed E-state index contributed by atoms with van der Waals surface area (Å²) in [7, 11) is 0. The van der Waals surface area contributed by atoms with Gasteiger partial charge in [-0.1, -0.05) is 159 Å². The zero-order chi connectivity index (χ0) is 44.7. The summed E-state index contributed by atoms with van der Waals surface area (Å²) in [5.41, 5.74) is 21.6. The molecule has 3 heteroatoms. The Kier molecular flexibility index (Phi) is 9.05. The number of nitrogens with zero attached hydrogens (tertiary/aromatic N) is 2. The SMILES string of the molecule is CC1(C)c2ccccc2-c2ccc(N(c3cccc(N(c4ccccc4)c4cccc(C5(c6ccccc6)C6=C(CCC=C6)C6=C5CCC=C6)c4)c3)c3cccc4oc5ccccc5c34)cc21. The summed E-state index contributed by atoms with van der Waals surface area (Å²) in [6, 6.07) is 71.5. The largest absolute Gasteiger partial charge is 0.456 e. The van der Waals surface area contributed by atoms with Crippen molar-refractivity contribution >= 4 is 56.1 Å². The lowest BCUT2D eigenvalue weighted by atomic mass is 9.64. The normalized spacial score (nSPS) is 17.7. The number of allylic oxidation sites excluding steroid dienone is 8. The summed E-state index contributed by atoms with van der Waals surface area (Å²) < 4.78 is 6.55. The fraction of sp³-hybridized carbons (Fsp3) is 0.125. The Morgan fingerprint density at radius 3 is 1.96 bits per heavy atom. The van der Waals surface area contributed by atoms with Crippen LogP contribution in [0.1, 0.15) is 61.8 Å². The Hall–Kier alpha value is -7.88. The Balaban J connectivity index is 1.02. The first-order valence-electron chi connectivity index (χ1n) is 23.9. The van der Waals surface area contributed by atoms with E-state index in [9.17, 15) is 0 Å².